The van der Waals surface area contributed by atoms with Gasteiger partial charge in [-0.2, -0.15) is 5.10 Å². The fourth-order valence-corrected chi connectivity index (χ4v) is 3.26. The number of aromatic nitrogens is 3. The maximum Gasteiger partial charge on any atom is 0.214 e. The van der Waals surface area contributed by atoms with E-state index in [0.717, 1.165) is 23.4 Å². The molecule has 0 amide bonds. The Morgan fingerprint density at radius 3 is 2.64 bits per heavy atom. The molecule has 2 N–H and O–H groups in total. The molecule has 28 heavy (non-hydrogen) atoms. The zero-order valence-electron chi connectivity index (χ0n) is 15.9. The van der Waals surface area contributed by atoms with Crippen LogP contribution in [0.2, 0.25) is 5.02 Å². The van der Waals surface area contributed by atoms with Crippen molar-refractivity contribution in [1.29, 1.82) is 0 Å². The zero-order chi connectivity index (χ0) is 19.9. The first-order chi connectivity index (χ1) is 13.6. The summed E-state index contributed by atoms with van der Waals surface area (Å²) in [4.78, 5) is 0. The summed E-state index contributed by atoms with van der Waals surface area (Å²) < 4.78 is 14.0. The summed E-state index contributed by atoms with van der Waals surface area (Å²) in [5.74, 6) is 2.00. The van der Waals surface area contributed by atoms with Crippen LogP contribution >= 0.6 is 23.8 Å². The van der Waals surface area contributed by atoms with Crippen molar-refractivity contribution in [2.24, 2.45) is 0 Å². The maximum absolute atomic E-state index is 6.51. The van der Waals surface area contributed by atoms with E-state index in [1.807, 2.05) is 56.3 Å². The standard InChI is InChI=1S/C20H23ClN4O2S/c1-3-18-23-24-20(28)25(18)22-12-15-10-16(21)19(17(11-15)26-4-2)27-13-14-8-6-5-7-9-14/h5-11,22H,3-4,12-13H2,1-2H3,(H,24,28). The van der Waals surface area contributed by atoms with Gasteiger partial charge >= 0.3 is 0 Å². The summed E-state index contributed by atoms with van der Waals surface area (Å²) in [5.41, 5.74) is 5.28. The number of nitrogens with zero attached hydrogens (tertiary/aromatic N) is 2. The van der Waals surface area contributed by atoms with E-state index in [-0.39, 0.29) is 0 Å². The van der Waals surface area contributed by atoms with Crippen LogP contribution in [0.1, 0.15) is 30.8 Å². The Hall–Kier alpha value is -2.51. The SMILES string of the molecule is CCOc1cc(CNn2c(CC)n[nH]c2=S)cc(Cl)c1OCc1ccccc1. The largest absolute Gasteiger partial charge is 0.490 e. The monoisotopic (exact) mass is 418 g/mol. The Morgan fingerprint density at radius 2 is 1.93 bits per heavy atom. The maximum atomic E-state index is 6.51. The quantitative estimate of drug-likeness (QED) is 0.485. The summed E-state index contributed by atoms with van der Waals surface area (Å²) in [5, 5.41) is 7.49. The van der Waals surface area contributed by atoms with Crippen LogP contribution in [0.25, 0.3) is 0 Å². The first-order valence-corrected chi connectivity index (χ1v) is 9.93. The molecule has 0 aliphatic rings. The number of aromatic amines is 1. The number of aryl methyl sites for hydroxylation is 1. The summed E-state index contributed by atoms with van der Waals surface area (Å²) >= 11 is 11.8. The van der Waals surface area contributed by atoms with E-state index >= 15 is 0 Å². The van der Waals surface area contributed by atoms with E-state index in [1.165, 1.54) is 0 Å². The van der Waals surface area contributed by atoms with Gasteiger partial charge in [0.2, 0.25) is 4.77 Å². The molecule has 3 rings (SSSR count). The molecule has 8 heteroatoms. The molecule has 0 aliphatic carbocycles. The summed E-state index contributed by atoms with van der Waals surface area (Å²) in [6.07, 6.45) is 0.761. The highest BCUT2D eigenvalue weighted by Gasteiger charge is 2.13. The number of ether oxygens (including phenoxy) is 2. The highest BCUT2D eigenvalue weighted by Crippen LogP contribution is 2.37. The van der Waals surface area contributed by atoms with Crippen LogP contribution in [0.3, 0.4) is 0 Å². The van der Waals surface area contributed by atoms with E-state index in [2.05, 4.69) is 15.6 Å². The molecule has 0 bridgehead atoms. The van der Waals surface area contributed by atoms with Gasteiger partial charge in [-0.15, -0.1) is 0 Å². The number of nitrogens with one attached hydrogen (secondary N) is 2. The van der Waals surface area contributed by atoms with Crippen LogP contribution < -0.4 is 14.9 Å². The van der Waals surface area contributed by atoms with Gasteiger partial charge in [-0.05, 0) is 42.4 Å². The van der Waals surface area contributed by atoms with E-state index < -0.39 is 0 Å². The molecule has 0 saturated heterocycles. The fraction of sp³-hybridized carbons (Fsp3) is 0.300. The van der Waals surface area contributed by atoms with Gasteiger partial charge in [-0.1, -0.05) is 48.9 Å². The van der Waals surface area contributed by atoms with Crippen LogP contribution in [-0.4, -0.2) is 21.5 Å². The third kappa shape index (κ3) is 4.85. The van der Waals surface area contributed by atoms with E-state index in [0.29, 0.717) is 41.1 Å². The van der Waals surface area contributed by atoms with Crippen molar-refractivity contribution in [3.63, 3.8) is 0 Å². The van der Waals surface area contributed by atoms with Gasteiger partial charge < -0.3 is 14.9 Å². The van der Waals surface area contributed by atoms with Crippen LogP contribution in [0.5, 0.6) is 11.5 Å². The van der Waals surface area contributed by atoms with E-state index in [1.54, 1.807) is 4.68 Å². The smallest absolute Gasteiger partial charge is 0.214 e. The van der Waals surface area contributed by atoms with Gasteiger partial charge in [0.25, 0.3) is 0 Å². The van der Waals surface area contributed by atoms with E-state index in [4.69, 9.17) is 33.3 Å². The molecule has 0 fully saturated rings. The second-order valence-electron chi connectivity index (χ2n) is 6.08. The lowest BCUT2D eigenvalue weighted by molar-refractivity contribution is 0.269. The molecule has 1 heterocycles. The average Bonchev–Trinajstić information content (AvgIpc) is 3.06. The lowest BCUT2D eigenvalue weighted by Crippen LogP contribution is -2.17. The second-order valence-corrected chi connectivity index (χ2v) is 6.87. The molecule has 1 aromatic heterocycles. The predicted molar refractivity (Wildman–Crippen MR) is 113 cm³/mol. The van der Waals surface area contributed by atoms with Crippen molar-refractivity contribution < 1.29 is 9.47 Å². The molecule has 2 aromatic carbocycles. The van der Waals surface area contributed by atoms with Crippen LogP contribution in [0.4, 0.5) is 0 Å². The molecule has 0 unspecified atom stereocenters. The number of hydrogen-bond donors (Lipinski definition) is 2. The molecule has 0 atom stereocenters. The molecular formula is C20H23ClN4O2S. The number of benzene rings is 2. The van der Waals surface area contributed by atoms with Gasteiger partial charge in [-0.25, -0.2) is 4.68 Å². The Morgan fingerprint density at radius 1 is 1.14 bits per heavy atom. The first-order valence-electron chi connectivity index (χ1n) is 9.14. The molecule has 148 valence electrons. The fourth-order valence-electron chi connectivity index (χ4n) is 2.76. The van der Waals surface area contributed by atoms with Crippen molar-refractivity contribution in [2.45, 2.75) is 33.4 Å². The van der Waals surface area contributed by atoms with Gasteiger partial charge in [0.15, 0.2) is 17.3 Å². The first kappa shape index (κ1) is 20.2. The Labute approximate surface area is 174 Å². The molecule has 0 spiro atoms. The highest BCUT2D eigenvalue weighted by atomic mass is 35.5. The molecule has 6 nitrogen and oxygen atoms in total. The number of hydrogen-bond acceptors (Lipinski definition) is 5. The second kappa shape index (κ2) is 9.61. The number of H-pyrrole nitrogens is 1. The summed E-state index contributed by atoms with van der Waals surface area (Å²) in [6.45, 7) is 5.40. The molecule has 0 radical (unpaired) electrons. The Bertz CT molecular complexity index is 972. The van der Waals surface area contributed by atoms with Crippen LogP contribution in [0, 0.1) is 4.77 Å². The van der Waals surface area contributed by atoms with Gasteiger partial charge in [0, 0.05) is 6.42 Å². The lowest BCUT2D eigenvalue weighted by Gasteiger charge is -2.16. The molecule has 0 saturated carbocycles. The normalized spacial score (nSPS) is 10.7. The Balaban J connectivity index is 1.78. The predicted octanol–water partition coefficient (Wildman–Crippen LogP) is 4.88. The zero-order valence-corrected chi connectivity index (χ0v) is 17.4. The van der Waals surface area contributed by atoms with Crippen molar-refractivity contribution in [3.05, 3.63) is 69.2 Å². The minimum absolute atomic E-state index is 0.419. The average molecular weight is 419 g/mol. The van der Waals surface area contributed by atoms with E-state index in [9.17, 15) is 0 Å². The molecule has 3 aromatic rings. The third-order valence-corrected chi connectivity index (χ3v) is 4.65. The van der Waals surface area contributed by atoms with Gasteiger partial charge in [0.1, 0.15) is 6.61 Å². The number of rotatable bonds is 9. The van der Waals surface area contributed by atoms with Crippen molar-refractivity contribution >= 4 is 23.8 Å². The summed E-state index contributed by atoms with van der Waals surface area (Å²) in [7, 11) is 0. The van der Waals surface area contributed by atoms with Crippen molar-refractivity contribution in [1.82, 2.24) is 14.9 Å². The topological polar surface area (TPSA) is 64.1 Å². The number of halogens is 1. The summed E-state index contributed by atoms with van der Waals surface area (Å²) in [6, 6.07) is 13.7. The van der Waals surface area contributed by atoms with Crippen molar-refractivity contribution in [3.8, 4) is 11.5 Å². The minimum Gasteiger partial charge on any atom is -0.490 e. The lowest BCUT2D eigenvalue weighted by atomic mass is 10.2. The van der Waals surface area contributed by atoms with Crippen LogP contribution in [-0.2, 0) is 19.6 Å². The third-order valence-electron chi connectivity index (χ3n) is 4.09. The van der Waals surface area contributed by atoms with Gasteiger partial charge in [-0.3, -0.25) is 5.10 Å². The molecular weight excluding hydrogens is 396 g/mol. The van der Waals surface area contributed by atoms with Crippen LogP contribution in [0.15, 0.2) is 42.5 Å². The minimum atomic E-state index is 0.419. The molecule has 0 aliphatic heterocycles. The van der Waals surface area contributed by atoms with Crippen molar-refractivity contribution in [2.75, 3.05) is 12.0 Å². The highest BCUT2D eigenvalue weighted by molar-refractivity contribution is 7.71. The van der Waals surface area contributed by atoms with Gasteiger partial charge in [0.05, 0.1) is 18.2 Å². The Kier molecular flexibility index (Phi) is 6.95.